The summed E-state index contributed by atoms with van der Waals surface area (Å²) in [5.41, 5.74) is 0.890. The molecule has 0 amide bonds. The zero-order valence-electron chi connectivity index (χ0n) is 9.30. The van der Waals surface area contributed by atoms with E-state index in [1.165, 1.54) is 11.8 Å². The van der Waals surface area contributed by atoms with Gasteiger partial charge in [0, 0.05) is 10.6 Å². The van der Waals surface area contributed by atoms with E-state index >= 15 is 0 Å². The Kier molecular flexibility index (Phi) is 4.28. The van der Waals surface area contributed by atoms with Crippen molar-refractivity contribution in [2.45, 2.75) is 5.75 Å². The molecule has 0 saturated heterocycles. The predicted octanol–water partition coefficient (Wildman–Crippen LogP) is 3.31. The van der Waals surface area contributed by atoms with Crippen molar-refractivity contribution in [1.29, 1.82) is 0 Å². The van der Waals surface area contributed by atoms with E-state index < -0.39 is 5.97 Å². The monoisotopic (exact) mass is 283 g/mol. The van der Waals surface area contributed by atoms with E-state index in [1.54, 1.807) is 18.3 Å². The predicted molar refractivity (Wildman–Crippen MR) is 70.7 cm³/mol. The number of hydrogen-bond acceptors (Lipinski definition) is 4. The molecule has 18 heavy (non-hydrogen) atoms. The van der Waals surface area contributed by atoms with E-state index in [1.807, 2.05) is 12.1 Å². The summed E-state index contributed by atoms with van der Waals surface area (Å²) < 4.78 is 5.52. The molecule has 0 radical (unpaired) electrons. The SMILES string of the molecule is O=C(O)CSCc1ncc(-c2ccc(Cl)cc2)o1. The molecule has 0 bridgehead atoms. The fourth-order valence-electron chi connectivity index (χ4n) is 1.35. The van der Waals surface area contributed by atoms with Crippen LogP contribution in [0.25, 0.3) is 11.3 Å². The average molecular weight is 284 g/mol. The molecule has 0 aliphatic heterocycles. The molecular weight excluding hydrogens is 274 g/mol. The van der Waals surface area contributed by atoms with Crippen LogP contribution < -0.4 is 0 Å². The maximum Gasteiger partial charge on any atom is 0.313 e. The van der Waals surface area contributed by atoms with Gasteiger partial charge in [0.25, 0.3) is 0 Å². The second kappa shape index (κ2) is 5.93. The van der Waals surface area contributed by atoms with Gasteiger partial charge in [0.1, 0.15) is 0 Å². The molecule has 1 heterocycles. The molecule has 0 unspecified atom stereocenters. The molecule has 94 valence electrons. The van der Waals surface area contributed by atoms with Crippen molar-refractivity contribution in [3.63, 3.8) is 0 Å². The summed E-state index contributed by atoms with van der Waals surface area (Å²) >= 11 is 7.05. The van der Waals surface area contributed by atoms with Crippen LogP contribution in [0.1, 0.15) is 5.89 Å². The van der Waals surface area contributed by atoms with Gasteiger partial charge in [0.05, 0.1) is 17.7 Å². The minimum atomic E-state index is -0.843. The first-order chi connectivity index (χ1) is 8.65. The van der Waals surface area contributed by atoms with E-state index in [4.69, 9.17) is 21.1 Å². The normalized spacial score (nSPS) is 10.5. The molecule has 0 saturated carbocycles. The van der Waals surface area contributed by atoms with Crippen LogP contribution in [0.3, 0.4) is 0 Å². The summed E-state index contributed by atoms with van der Waals surface area (Å²) in [5.74, 6) is 0.812. The van der Waals surface area contributed by atoms with Gasteiger partial charge in [-0.1, -0.05) is 11.6 Å². The van der Waals surface area contributed by atoms with Crippen LogP contribution in [-0.2, 0) is 10.5 Å². The first-order valence-corrected chi connectivity index (χ1v) is 6.68. The van der Waals surface area contributed by atoms with Crippen LogP contribution in [0.4, 0.5) is 0 Å². The topological polar surface area (TPSA) is 63.3 Å². The standard InChI is InChI=1S/C12H10ClNO3S/c13-9-3-1-8(2-4-9)10-5-14-11(17-10)6-18-7-12(15)16/h1-5H,6-7H2,(H,15,16). The molecule has 6 heteroatoms. The summed E-state index contributed by atoms with van der Waals surface area (Å²) in [6.45, 7) is 0. The maximum absolute atomic E-state index is 10.4. The van der Waals surface area contributed by atoms with Gasteiger partial charge in [-0.25, -0.2) is 4.98 Å². The molecule has 0 fully saturated rings. The van der Waals surface area contributed by atoms with E-state index in [2.05, 4.69) is 4.98 Å². The summed E-state index contributed by atoms with van der Waals surface area (Å²) in [4.78, 5) is 14.5. The summed E-state index contributed by atoms with van der Waals surface area (Å²) in [5, 5.41) is 9.18. The number of aromatic nitrogens is 1. The van der Waals surface area contributed by atoms with Crippen LogP contribution in [0.15, 0.2) is 34.9 Å². The van der Waals surface area contributed by atoms with Crippen molar-refractivity contribution < 1.29 is 14.3 Å². The Morgan fingerprint density at radius 2 is 2.11 bits per heavy atom. The molecule has 1 aromatic heterocycles. The number of carboxylic acids is 1. The number of carboxylic acid groups (broad SMARTS) is 1. The second-order valence-corrected chi connectivity index (χ2v) is 4.93. The van der Waals surface area contributed by atoms with E-state index in [9.17, 15) is 4.79 Å². The number of carbonyl (C=O) groups is 1. The quantitative estimate of drug-likeness (QED) is 0.912. The molecule has 1 N–H and O–H groups in total. The Morgan fingerprint density at radius 1 is 1.39 bits per heavy atom. The van der Waals surface area contributed by atoms with Gasteiger partial charge in [0.15, 0.2) is 5.76 Å². The van der Waals surface area contributed by atoms with Crippen molar-refractivity contribution in [2.75, 3.05) is 5.75 Å². The van der Waals surface area contributed by atoms with Crippen molar-refractivity contribution in [3.05, 3.63) is 41.4 Å². The molecule has 1 aromatic carbocycles. The molecule has 2 aromatic rings. The van der Waals surface area contributed by atoms with E-state index in [0.717, 1.165) is 5.56 Å². The minimum absolute atomic E-state index is 0.0403. The Morgan fingerprint density at radius 3 is 2.78 bits per heavy atom. The lowest BCUT2D eigenvalue weighted by Crippen LogP contribution is -1.98. The highest BCUT2D eigenvalue weighted by Crippen LogP contribution is 2.23. The summed E-state index contributed by atoms with van der Waals surface area (Å²) in [6, 6.07) is 7.24. The van der Waals surface area contributed by atoms with Crippen molar-refractivity contribution in [3.8, 4) is 11.3 Å². The van der Waals surface area contributed by atoms with Gasteiger partial charge in [-0.05, 0) is 24.3 Å². The Balaban J connectivity index is 2.01. The fraction of sp³-hybridized carbons (Fsp3) is 0.167. The number of aliphatic carboxylic acids is 1. The first kappa shape index (κ1) is 13.0. The first-order valence-electron chi connectivity index (χ1n) is 5.15. The largest absolute Gasteiger partial charge is 0.481 e. The van der Waals surface area contributed by atoms with Crippen molar-refractivity contribution >= 4 is 29.3 Å². The van der Waals surface area contributed by atoms with Gasteiger partial charge >= 0.3 is 5.97 Å². The minimum Gasteiger partial charge on any atom is -0.481 e. The molecule has 0 spiro atoms. The van der Waals surface area contributed by atoms with Gasteiger partial charge in [0.2, 0.25) is 5.89 Å². The van der Waals surface area contributed by atoms with E-state index in [-0.39, 0.29) is 5.75 Å². The molecule has 2 rings (SSSR count). The zero-order chi connectivity index (χ0) is 13.0. The Hall–Kier alpha value is -1.46. The number of oxazole rings is 1. The lowest BCUT2D eigenvalue weighted by Gasteiger charge is -1.96. The molecule has 0 atom stereocenters. The van der Waals surface area contributed by atoms with Gasteiger partial charge in [-0.15, -0.1) is 11.8 Å². The number of rotatable bonds is 5. The van der Waals surface area contributed by atoms with Crippen LogP contribution in [0, 0.1) is 0 Å². The molecule has 0 aliphatic carbocycles. The van der Waals surface area contributed by atoms with Crippen LogP contribution in [-0.4, -0.2) is 21.8 Å². The van der Waals surface area contributed by atoms with Gasteiger partial charge in [-0.3, -0.25) is 4.79 Å². The third-order valence-corrected chi connectivity index (χ3v) is 3.29. The maximum atomic E-state index is 10.4. The third-order valence-electron chi connectivity index (χ3n) is 2.13. The summed E-state index contributed by atoms with van der Waals surface area (Å²) in [7, 11) is 0. The molecule has 0 aliphatic rings. The lowest BCUT2D eigenvalue weighted by atomic mass is 10.2. The number of thioether (sulfide) groups is 1. The summed E-state index contributed by atoms with van der Waals surface area (Å²) in [6.07, 6.45) is 1.62. The number of nitrogens with zero attached hydrogens (tertiary/aromatic N) is 1. The van der Waals surface area contributed by atoms with Crippen LogP contribution in [0.5, 0.6) is 0 Å². The fourth-order valence-corrected chi connectivity index (χ4v) is 2.06. The molecular formula is C12H10ClNO3S. The highest BCUT2D eigenvalue weighted by Gasteiger charge is 2.07. The Bertz CT molecular complexity index is 539. The highest BCUT2D eigenvalue weighted by atomic mass is 35.5. The second-order valence-electron chi connectivity index (χ2n) is 3.51. The van der Waals surface area contributed by atoms with Gasteiger partial charge in [-0.2, -0.15) is 0 Å². The van der Waals surface area contributed by atoms with Crippen LogP contribution >= 0.6 is 23.4 Å². The lowest BCUT2D eigenvalue weighted by molar-refractivity contribution is -0.133. The van der Waals surface area contributed by atoms with E-state index in [0.29, 0.717) is 22.4 Å². The third kappa shape index (κ3) is 3.51. The van der Waals surface area contributed by atoms with Crippen molar-refractivity contribution in [1.82, 2.24) is 4.98 Å². The number of hydrogen-bond donors (Lipinski definition) is 1. The number of benzene rings is 1. The van der Waals surface area contributed by atoms with Gasteiger partial charge < -0.3 is 9.52 Å². The average Bonchev–Trinajstić information content (AvgIpc) is 2.78. The van der Waals surface area contributed by atoms with Crippen molar-refractivity contribution in [2.24, 2.45) is 0 Å². The highest BCUT2D eigenvalue weighted by molar-refractivity contribution is 7.99. The Labute approximate surface area is 113 Å². The molecule has 4 nitrogen and oxygen atoms in total. The number of halogens is 1. The smallest absolute Gasteiger partial charge is 0.313 e. The van der Waals surface area contributed by atoms with Crippen LogP contribution in [0.2, 0.25) is 5.02 Å². The zero-order valence-corrected chi connectivity index (χ0v) is 10.9.